The fourth-order valence-electron chi connectivity index (χ4n) is 3.50. The van der Waals surface area contributed by atoms with Crippen molar-refractivity contribution in [3.05, 3.63) is 94.8 Å². The van der Waals surface area contributed by atoms with Crippen LogP contribution in [0.15, 0.2) is 71.8 Å². The van der Waals surface area contributed by atoms with Gasteiger partial charge in [0.2, 0.25) is 0 Å². The molecule has 0 unspecified atom stereocenters. The molecule has 3 aromatic rings. The normalized spacial score (nSPS) is 12.7. The molecule has 2 aromatic carbocycles. The fraction of sp³-hybridized carbons (Fsp3) is 0.261. The van der Waals surface area contributed by atoms with E-state index in [0.29, 0.717) is 4.90 Å². The maximum Gasteiger partial charge on any atom is 0.175 e. The molecule has 140 valence electrons. The van der Waals surface area contributed by atoms with Crippen LogP contribution < -0.4 is 0 Å². The van der Waals surface area contributed by atoms with E-state index in [1.54, 1.807) is 12.1 Å². The maximum atomic E-state index is 11.8. The third-order valence-corrected chi connectivity index (χ3v) is 6.09. The highest BCUT2D eigenvalue weighted by Gasteiger charge is 2.17. The summed E-state index contributed by atoms with van der Waals surface area (Å²) in [4.78, 5) is 4.63. The first-order chi connectivity index (χ1) is 12.8. The Bertz CT molecular complexity index is 1020. The van der Waals surface area contributed by atoms with E-state index in [9.17, 15) is 8.42 Å². The minimum Gasteiger partial charge on any atom is -0.262 e. The molecule has 0 fully saturated rings. The first kappa shape index (κ1) is 19.3. The Morgan fingerprint density at radius 3 is 2.30 bits per heavy atom. The number of benzene rings is 2. The Morgan fingerprint density at radius 2 is 1.67 bits per heavy atom. The van der Waals surface area contributed by atoms with Crippen LogP contribution in [0.25, 0.3) is 0 Å². The maximum absolute atomic E-state index is 11.8. The van der Waals surface area contributed by atoms with E-state index in [0.717, 1.165) is 24.1 Å². The minimum absolute atomic E-state index is 0.216. The van der Waals surface area contributed by atoms with Gasteiger partial charge in [0.25, 0.3) is 0 Å². The van der Waals surface area contributed by atoms with Gasteiger partial charge in [-0.15, -0.1) is 0 Å². The number of nitrogens with zero attached hydrogens (tertiary/aromatic N) is 1. The van der Waals surface area contributed by atoms with Crippen LogP contribution in [0.1, 0.15) is 40.3 Å². The van der Waals surface area contributed by atoms with Crippen LogP contribution >= 0.6 is 0 Å². The number of aromatic nitrogens is 1. The van der Waals surface area contributed by atoms with Gasteiger partial charge in [0.15, 0.2) is 9.84 Å². The zero-order valence-corrected chi connectivity index (χ0v) is 16.8. The summed E-state index contributed by atoms with van der Waals surface area (Å²) in [6.45, 7) is 4.13. The van der Waals surface area contributed by atoms with Crippen molar-refractivity contribution in [2.45, 2.75) is 37.5 Å². The highest BCUT2D eigenvalue weighted by atomic mass is 32.2. The third kappa shape index (κ3) is 4.83. The molecule has 0 spiro atoms. The Balaban J connectivity index is 1.94. The summed E-state index contributed by atoms with van der Waals surface area (Å²) in [7, 11) is -3.19. The molecule has 0 saturated carbocycles. The molecule has 0 bridgehead atoms. The average Bonchev–Trinajstić information content (AvgIpc) is 2.63. The fourth-order valence-corrected chi connectivity index (χ4v) is 4.13. The molecule has 0 aliphatic carbocycles. The molecule has 3 rings (SSSR count). The minimum atomic E-state index is -3.19. The van der Waals surface area contributed by atoms with Crippen molar-refractivity contribution in [1.82, 2.24) is 4.98 Å². The second-order valence-electron chi connectivity index (χ2n) is 7.09. The summed E-state index contributed by atoms with van der Waals surface area (Å²) < 4.78 is 23.5. The smallest absolute Gasteiger partial charge is 0.175 e. The molecule has 27 heavy (non-hydrogen) atoms. The zero-order valence-electron chi connectivity index (χ0n) is 16.0. The third-order valence-electron chi connectivity index (χ3n) is 4.96. The SMILES string of the molecule is Cc1cc(CC[C@H](c2ccc(S(C)(=O)=O)cc2)c2ccccc2C)ccn1. The van der Waals surface area contributed by atoms with Crippen molar-refractivity contribution in [1.29, 1.82) is 0 Å². The van der Waals surface area contributed by atoms with Crippen LogP contribution in [0, 0.1) is 13.8 Å². The highest BCUT2D eigenvalue weighted by molar-refractivity contribution is 7.90. The first-order valence-electron chi connectivity index (χ1n) is 9.11. The van der Waals surface area contributed by atoms with Gasteiger partial charge in [-0.25, -0.2) is 8.42 Å². The van der Waals surface area contributed by atoms with Crippen LogP contribution in [0.5, 0.6) is 0 Å². The summed E-state index contributed by atoms with van der Waals surface area (Å²) in [5, 5.41) is 0. The lowest BCUT2D eigenvalue weighted by Gasteiger charge is -2.20. The van der Waals surface area contributed by atoms with E-state index in [1.807, 2.05) is 25.3 Å². The van der Waals surface area contributed by atoms with Gasteiger partial charge < -0.3 is 0 Å². The second-order valence-corrected chi connectivity index (χ2v) is 9.11. The van der Waals surface area contributed by atoms with Crippen molar-refractivity contribution in [2.75, 3.05) is 6.26 Å². The van der Waals surface area contributed by atoms with Crippen LogP contribution in [-0.4, -0.2) is 19.7 Å². The zero-order chi connectivity index (χ0) is 19.4. The molecule has 0 aliphatic heterocycles. The average molecular weight is 380 g/mol. The quantitative estimate of drug-likeness (QED) is 0.614. The van der Waals surface area contributed by atoms with Gasteiger partial charge in [-0.2, -0.15) is 0 Å². The summed E-state index contributed by atoms with van der Waals surface area (Å²) in [5.41, 5.74) is 5.98. The van der Waals surface area contributed by atoms with Crippen molar-refractivity contribution < 1.29 is 8.42 Å². The van der Waals surface area contributed by atoms with E-state index in [2.05, 4.69) is 48.3 Å². The molecular formula is C23H25NO2S. The lowest BCUT2D eigenvalue weighted by molar-refractivity contribution is 0.601. The molecule has 1 atom stereocenters. The first-order valence-corrected chi connectivity index (χ1v) is 11.0. The second kappa shape index (κ2) is 8.05. The van der Waals surface area contributed by atoms with Gasteiger partial charge in [0.05, 0.1) is 4.90 Å². The molecule has 4 heteroatoms. The lowest BCUT2D eigenvalue weighted by atomic mass is 9.84. The van der Waals surface area contributed by atoms with Crippen LogP contribution in [-0.2, 0) is 16.3 Å². The number of rotatable bonds is 6. The van der Waals surface area contributed by atoms with E-state index in [4.69, 9.17) is 0 Å². The molecule has 0 amide bonds. The Kier molecular flexibility index (Phi) is 5.76. The molecule has 0 aliphatic rings. The van der Waals surface area contributed by atoms with Crippen molar-refractivity contribution >= 4 is 9.84 Å². The number of pyridine rings is 1. The van der Waals surface area contributed by atoms with Gasteiger partial charge >= 0.3 is 0 Å². The number of hydrogen-bond acceptors (Lipinski definition) is 3. The summed E-state index contributed by atoms with van der Waals surface area (Å²) in [6, 6.07) is 19.9. The highest BCUT2D eigenvalue weighted by Crippen LogP contribution is 2.32. The predicted molar refractivity (Wildman–Crippen MR) is 110 cm³/mol. The predicted octanol–water partition coefficient (Wildman–Crippen LogP) is 4.87. The van der Waals surface area contributed by atoms with E-state index >= 15 is 0 Å². The number of sulfone groups is 1. The molecule has 1 aromatic heterocycles. The van der Waals surface area contributed by atoms with Gasteiger partial charge in [0.1, 0.15) is 0 Å². The summed E-state index contributed by atoms with van der Waals surface area (Å²) in [5.74, 6) is 0.216. The van der Waals surface area contributed by atoms with Gasteiger partial charge in [-0.3, -0.25) is 4.98 Å². The number of hydrogen-bond donors (Lipinski definition) is 0. The van der Waals surface area contributed by atoms with Crippen LogP contribution in [0.2, 0.25) is 0 Å². The van der Waals surface area contributed by atoms with Gasteiger partial charge in [-0.05, 0) is 73.2 Å². The standard InChI is InChI=1S/C23H25NO2S/c1-17-6-4-5-7-22(17)23(13-8-19-14-15-24-18(2)16-19)20-9-11-21(12-10-20)27(3,25)26/h4-7,9-12,14-16,23H,8,13H2,1-3H3/t23-/m1/s1. The largest absolute Gasteiger partial charge is 0.262 e. The Hall–Kier alpha value is -2.46. The Morgan fingerprint density at radius 1 is 0.963 bits per heavy atom. The van der Waals surface area contributed by atoms with Gasteiger partial charge in [0, 0.05) is 24.1 Å². The molecule has 1 heterocycles. The van der Waals surface area contributed by atoms with E-state index < -0.39 is 9.84 Å². The molecular weight excluding hydrogens is 354 g/mol. The number of aryl methyl sites for hydroxylation is 3. The molecule has 0 radical (unpaired) electrons. The summed E-state index contributed by atoms with van der Waals surface area (Å²) in [6.07, 6.45) is 4.99. The van der Waals surface area contributed by atoms with E-state index in [-0.39, 0.29) is 5.92 Å². The van der Waals surface area contributed by atoms with Crippen molar-refractivity contribution in [3.8, 4) is 0 Å². The Labute approximate surface area is 162 Å². The van der Waals surface area contributed by atoms with Crippen LogP contribution in [0.3, 0.4) is 0 Å². The van der Waals surface area contributed by atoms with Crippen molar-refractivity contribution in [2.24, 2.45) is 0 Å². The monoisotopic (exact) mass is 379 g/mol. The van der Waals surface area contributed by atoms with Crippen LogP contribution in [0.4, 0.5) is 0 Å². The molecule has 0 saturated heterocycles. The topological polar surface area (TPSA) is 47.0 Å². The van der Waals surface area contributed by atoms with E-state index in [1.165, 1.54) is 22.9 Å². The van der Waals surface area contributed by atoms with Gasteiger partial charge in [-0.1, -0.05) is 36.4 Å². The van der Waals surface area contributed by atoms with Crippen molar-refractivity contribution in [3.63, 3.8) is 0 Å². The lowest BCUT2D eigenvalue weighted by Crippen LogP contribution is -2.06. The summed E-state index contributed by atoms with van der Waals surface area (Å²) >= 11 is 0. The molecule has 3 nitrogen and oxygen atoms in total. The molecule has 0 N–H and O–H groups in total.